The van der Waals surface area contributed by atoms with Gasteiger partial charge in [-0.2, -0.15) is 5.10 Å². The Balaban J connectivity index is 1.29. The van der Waals surface area contributed by atoms with E-state index in [1.165, 1.54) is 12.8 Å². The van der Waals surface area contributed by atoms with E-state index in [0.717, 1.165) is 35.5 Å². The number of anilines is 2. The Bertz CT molecular complexity index is 938. The third kappa shape index (κ3) is 4.13. The largest absolute Gasteiger partial charge is 0.370 e. The van der Waals surface area contributed by atoms with Gasteiger partial charge >= 0.3 is 0 Å². The van der Waals surface area contributed by atoms with E-state index in [1.807, 2.05) is 36.4 Å². The minimum atomic E-state index is -0.181. The number of nitrogens with zero attached hydrogens (tertiary/aromatic N) is 4. The third-order valence-corrected chi connectivity index (χ3v) is 4.66. The molecular formula is C20H22N6O. The molecule has 7 nitrogen and oxygen atoms in total. The van der Waals surface area contributed by atoms with Crippen molar-refractivity contribution in [2.75, 3.05) is 36.4 Å². The molecule has 1 amide bonds. The lowest BCUT2D eigenvalue weighted by Gasteiger charge is -2.17. The van der Waals surface area contributed by atoms with Gasteiger partial charge in [0.05, 0.1) is 17.4 Å². The van der Waals surface area contributed by atoms with Crippen LogP contribution in [0.3, 0.4) is 0 Å². The molecule has 0 spiro atoms. The lowest BCUT2D eigenvalue weighted by atomic mass is 10.2. The zero-order valence-electron chi connectivity index (χ0n) is 15.1. The van der Waals surface area contributed by atoms with Crippen molar-refractivity contribution in [3.8, 4) is 0 Å². The number of benzene rings is 1. The van der Waals surface area contributed by atoms with Crippen LogP contribution in [0, 0.1) is 0 Å². The van der Waals surface area contributed by atoms with Crippen LogP contribution >= 0.6 is 0 Å². The fourth-order valence-electron chi connectivity index (χ4n) is 3.24. The van der Waals surface area contributed by atoms with Crippen molar-refractivity contribution in [2.45, 2.75) is 12.8 Å². The van der Waals surface area contributed by atoms with Gasteiger partial charge in [0, 0.05) is 37.6 Å². The Hall–Kier alpha value is -3.22. The quantitative estimate of drug-likeness (QED) is 0.656. The maximum absolute atomic E-state index is 12.3. The molecule has 4 rings (SSSR count). The lowest BCUT2D eigenvalue weighted by Crippen LogP contribution is -2.29. The highest BCUT2D eigenvalue weighted by Crippen LogP contribution is 2.20. The van der Waals surface area contributed by atoms with Crippen molar-refractivity contribution in [2.24, 2.45) is 0 Å². The van der Waals surface area contributed by atoms with E-state index in [0.29, 0.717) is 18.8 Å². The van der Waals surface area contributed by atoms with E-state index in [4.69, 9.17) is 0 Å². The molecule has 0 aliphatic carbocycles. The average molecular weight is 362 g/mol. The molecule has 0 radical (unpaired) electrons. The number of amides is 1. The fourth-order valence-corrected chi connectivity index (χ4v) is 3.24. The van der Waals surface area contributed by atoms with Crippen LogP contribution < -0.4 is 15.5 Å². The van der Waals surface area contributed by atoms with Gasteiger partial charge < -0.3 is 15.5 Å². The van der Waals surface area contributed by atoms with Crippen LogP contribution in [-0.4, -0.2) is 47.3 Å². The van der Waals surface area contributed by atoms with Gasteiger partial charge in [0.2, 0.25) is 0 Å². The molecule has 1 aromatic carbocycles. The van der Waals surface area contributed by atoms with Crippen molar-refractivity contribution in [1.82, 2.24) is 20.5 Å². The molecule has 3 aromatic rings. The second-order valence-corrected chi connectivity index (χ2v) is 6.57. The summed E-state index contributed by atoms with van der Waals surface area (Å²) < 4.78 is 0. The summed E-state index contributed by atoms with van der Waals surface area (Å²) in [5, 5.41) is 15.3. The number of para-hydroxylation sites is 1. The van der Waals surface area contributed by atoms with Crippen molar-refractivity contribution in [3.63, 3.8) is 0 Å². The normalized spacial score (nSPS) is 13.7. The van der Waals surface area contributed by atoms with Gasteiger partial charge in [-0.25, -0.2) is 4.98 Å². The van der Waals surface area contributed by atoms with E-state index in [-0.39, 0.29) is 5.91 Å². The number of carbonyl (C=O) groups is 1. The molecule has 0 unspecified atom stereocenters. The number of pyridine rings is 1. The van der Waals surface area contributed by atoms with Gasteiger partial charge in [0.15, 0.2) is 5.82 Å². The first kappa shape index (κ1) is 17.2. The summed E-state index contributed by atoms with van der Waals surface area (Å²) in [4.78, 5) is 19.0. The number of hydrogen-bond acceptors (Lipinski definition) is 6. The molecule has 2 N–H and O–H groups in total. The Kier molecular flexibility index (Phi) is 5.09. The zero-order chi connectivity index (χ0) is 18.5. The summed E-state index contributed by atoms with van der Waals surface area (Å²) in [7, 11) is 0. The summed E-state index contributed by atoms with van der Waals surface area (Å²) >= 11 is 0. The topological polar surface area (TPSA) is 83.0 Å². The number of hydrogen-bond donors (Lipinski definition) is 2. The van der Waals surface area contributed by atoms with Crippen molar-refractivity contribution in [1.29, 1.82) is 0 Å². The van der Waals surface area contributed by atoms with Gasteiger partial charge in [-0.05, 0) is 25.0 Å². The predicted octanol–water partition coefficient (Wildman–Crippen LogP) is 2.47. The Morgan fingerprint density at radius 1 is 1.07 bits per heavy atom. The highest BCUT2D eigenvalue weighted by molar-refractivity contribution is 5.94. The van der Waals surface area contributed by atoms with Crippen LogP contribution in [0.5, 0.6) is 0 Å². The van der Waals surface area contributed by atoms with Gasteiger partial charge in [-0.15, -0.1) is 5.10 Å². The van der Waals surface area contributed by atoms with Gasteiger partial charge in [0.25, 0.3) is 5.91 Å². The van der Waals surface area contributed by atoms with Crippen LogP contribution in [0.25, 0.3) is 10.9 Å². The second kappa shape index (κ2) is 7.99. The SMILES string of the molecule is O=C(NCCNc1cc(N2CCCC2)cnn1)c1ccc2ccccc2n1. The lowest BCUT2D eigenvalue weighted by molar-refractivity contribution is 0.0950. The van der Waals surface area contributed by atoms with E-state index in [9.17, 15) is 4.79 Å². The number of nitrogens with one attached hydrogen (secondary N) is 2. The highest BCUT2D eigenvalue weighted by atomic mass is 16.1. The fraction of sp³-hybridized carbons (Fsp3) is 0.300. The molecule has 7 heteroatoms. The van der Waals surface area contributed by atoms with E-state index in [2.05, 4.69) is 30.7 Å². The average Bonchev–Trinajstić information content (AvgIpc) is 3.26. The predicted molar refractivity (Wildman–Crippen MR) is 106 cm³/mol. The third-order valence-electron chi connectivity index (χ3n) is 4.66. The highest BCUT2D eigenvalue weighted by Gasteiger charge is 2.13. The zero-order valence-corrected chi connectivity index (χ0v) is 15.1. The van der Waals surface area contributed by atoms with Crippen LogP contribution in [0.2, 0.25) is 0 Å². The summed E-state index contributed by atoms with van der Waals surface area (Å²) in [6.07, 6.45) is 4.24. The smallest absolute Gasteiger partial charge is 0.269 e. The number of carbonyl (C=O) groups excluding carboxylic acids is 1. The summed E-state index contributed by atoms with van der Waals surface area (Å²) in [5.74, 6) is 0.539. The number of aromatic nitrogens is 3. The molecule has 3 heterocycles. The van der Waals surface area contributed by atoms with Crippen LogP contribution in [0.4, 0.5) is 11.5 Å². The molecule has 138 valence electrons. The molecule has 1 aliphatic rings. The van der Waals surface area contributed by atoms with E-state index in [1.54, 1.807) is 12.3 Å². The molecule has 1 fully saturated rings. The van der Waals surface area contributed by atoms with Gasteiger partial charge in [0.1, 0.15) is 5.69 Å². The first-order chi connectivity index (χ1) is 13.3. The Morgan fingerprint density at radius 2 is 1.93 bits per heavy atom. The summed E-state index contributed by atoms with van der Waals surface area (Å²) in [6, 6.07) is 13.4. The van der Waals surface area contributed by atoms with Crippen molar-refractivity contribution >= 4 is 28.3 Å². The molecule has 1 aliphatic heterocycles. The molecule has 0 saturated carbocycles. The van der Waals surface area contributed by atoms with Crippen LogP contribution in [-0.2, 0) is 0 Å². The van der Waals surface area contributed by atoms with Crippen molar-refractivity contribution in [3.05, 3.63) is 54.4 Å². The minimum Gasteiger partial charge on any atom is -0.370 e. The monoisotopic (exact) mass is 362 g/mol. The minimum absolute atomic E-state index is 0.181. The molecule has 27 heavy (non-hydrogen) atoms. The van der Waals surface area contributed by atoms with Crippen molar-refractivity contribution < 1.29 is 4.79 Å². The van der Waals surface area contributed by atoms with Crippen LogP contribution in [0.15, 0.2) is 48.7 Å². The standard InChI is InChI=1S/C20H22N6O/c27-20(18-8-7-15-5-1-2-6-17(15)24-18)22-10-9-21-19-13-16(14-23-25-19)26-11-3-4-12-26/h1-2,5-8,13-14H,3-4,9-12H2,(H,21,25)(H,22,27). The van der Waals surface area contributed by atoms with E-state index < -0.39 is 0 Å². The maximum atomic E-state index is 12.3. The molecule has 0 bridgehead atoms. The van der Waals surface area contributed by atoms with Gasteiger partial charge in [-0.1, -0.05) is 24.3 Å². The first-order valence-corrected chi connectivity index (χ1v) is 9.25. The number of rotatable bonds is 6. The molecule has 1 saturated heterocycles. The Morgan fingerprint density at radius 3 is 2.81 bits per heavy atom. The summed E-state index contributed by atoms with van der Waals surface area (Å²) in [5.41, 5.74) is 2.33. The summed E-state index contributed by atoms with van der Waals surface area (Å²) in [6.45, 7) is 3.18. The molecule has 2 aromatic heterocycles. The van der Waals surface area contributed by atoms with Crippen LogP contribution in [0.1, 0.15) is 23.3 Å². The maximum Gasteiger partial charge on any atom is 0.269 e. The first-order valence-electron chi connectivity index (χ1n) is 9.25. The molecule has 0 atom stereocenters. The second-order valence-electron chi connectivity index (χ2n) is 6.57. The van der Waals surface area contributed by atoms with Gasteiger partial charge in [-0.3, -0.25) is 4.79 Å². The van der Waals surface area contributed by atoms with E-state index >= 15 is 0 Å². The Labute approximate surface area is 157 Å². The molecular weight excluding hydrogens is 340 g/mol. The number of fused-ring (bicyclic) bond motifs is 1.